The molecular weight excluding hydrogens is 269 g/mol. The zero-order valence-electron chi connectivity index (χ0n) is 11.2. The number of nitrogens with two attached hydrogens (primary N) is 1. The summed E-state index contributed by atoms with van der Waals surface area (Å²) in [5.74, 6) is -0.359. The van der Waals surface area contributed by atoms with Crippen LogP contribution in [0.25, 0.3) is 0 Å². The van der Waals surface area contributed by atoms with Crippen molar-refractivity contribution in [3.63, 3.8) is 0 Å². The molecular formula is C14H17F3N2O. The van der Waals surface area contributed by atoms with E-state index in [1.165, 1.54) is 6.07 Å². The Kier molecular flexibility index (Phi) is 3.92. The first-order valence-corrected chi connectivity index (χ1v) is 6.58. The minimum absolute atomic E-state index is 0.0419. The molecule has 1 saturated heterocycles. The largest absolute Gasteiger partial charge is 0.418 e. The summed E-state index contributed by atoms with van der Waals surface area (Å²) >= 11 is 0. The highest BCUT2D eigenvalue weighted by atomic mass is 19.4. The van der Waals surface area contributed by atoms with Crippen molar-refractivity contribution >= 4 is 11.6 Å². The molecule has 1 amide bonds. The highest BCUT2D eigenvalue weighted by Gasteiger charge is 2.34. The van der Waals surface area contributed by atoms with Crippen LogP contribution in [0.2, 0.25) is 0 Å². The third kappa shape index (κ3) is 2.89. The number of likely N-dealkylation sites (tertiary alicyclic amines) is 1. The Labute approximate surface area is 115 Å². The Balaban J connectivity index is 2.31. The van der Waals surface area contributed by atoms with Gasteiger partial charge in [0.15, 0.2) is 0 Å². The number of carbonyl (C=O) groups is 1. The van der Waals surface area contributed by atoms with Crippen LogP contribution in [0.1, 0.15) is 42.1 Å². The molecule has 0 radical (unpaired) electrons. The standard InChI is InChI=1S/C14H17F3N2O/c1-9-4-2-3-7-19(9)13(20)10-5-6-12(18)11(8-10)14(15,16)17/h5-6,8-9H,2-4,7,18H2,1H3. The van der Waals surface area contributed by atoms with E-state index in [0.29, 0.717) is 6.54 Å². The molecule has 1 atom stereocenters. The molecule has 6 heteroatoms. The van der Waals surface area contributed by atoms with E-state index >= 15 is 0 Å². The monoisotopic (exact) mass is 286 g/mol. The van der Waals surface area contributed by atoms with Crippen molar-refractivity contribution in [2.24, 2.45) is 0 Å². The van der Waals surface area contributed by atoms with Crippen molar-refractivity contribution in [3.05, 3.63) is 29.3 Å². The van der Waals surface area contributed by atoms with Gasteiger partial charge in [-0.05, 0) is 44.4 Å². The van der Waals surface area contributed by atoms with Crippen molar-refractivity contribution in [1.29, 1.82) is 0 Å². The van der Waals surface area contributed by atoms with Crippen molar-refractivity contribution in [1.82, 2.24) is 4.90 Å². The average Bonchev–Trinajstić information content (AvgIpc) is 2.37. The number of alkyl halides is 3. The van der Waals surface area contributed by atoms with E-state index in [1.54, 1.807) is 4.90 Å². The summed E-state index contributed by atoms with van der Waals surface area (Å²) in [5.41, 5.74) is 4.07. The summed E-state index contributed by atoms with van der Waals surface area (Å²) in [5, 5.41) is 0. The fraction of sp³-hybridized carbons (Fsp3) is 0.500. The average molecular weight is 286 g/mol. The molecule has 0 bridgehead atoms. The first kappa shape index (κ1) is 14.7. The normalized spacial score (nSPS) is 20.0. The number of carbonyl (C=O) groups excluding carboxylic acids is 1. The number of hydrogen-bond donors (Lipinski definition) is 1. The van der Waals surface area contributed by atoms with E-state index in [1.807, 2.05) is 6.92 Å². The fourth-order valence-corrected chi connectivity index (χ4v) is 2.50. The van der Waals surface area contributed by atoms with Gasteiger partial charge < -0.3 is 10.6 Å². The summed E-state index contributed by atoms with van der Waals surface area (Å²) in [6.45, 7) is 2.50. The third-order valence-electron chi connectivity index (χ3n) is 3.67. The lowest BCUT2D eigenvalue weighted by Gasteiger charge is -2.33. The maximum absolute atomic E-state index is 12.8. The molecule has 0 aromatic heterocycles. The molecule has 2 N–H and O–H groups in total. The summed E-state index contributed by atoms with van der Waals surface area (Å²) in [6, 6.07) is 3.40. The predicted molar refractivity (Wildman–Crippen MR) is 70.2 cm³/mol. The lowest BCUT2D eigenvalue weighted by atomic mass is 10.0. The number of halogens is 3. The third-order valence-corrected chi connectivity index (χ3v) is 3.67. The lowest BCUT2D eigenvalue weighted by Crippen LogP contribution is -2.42. The molecule has 1 aliphatic heterocycles. The van der Waals surface area contributed by atoms with Gasteiger partial charge in [0.1, 0.15) is 0 Å². The molecule has 1 aliphatic rings. The number of nitrogen functional groups attached to an aromatic ring is 1. The molecule has 1 aromatic rings. The van der Waals surface area contributed by atoms with Crippen molar-refractivity contribution in [3.8, 4) is 0 Å². The minimum atomic E-state index is -4.55. The Bertz CT molecular complexity index is 514. The van der Waals surface area contributed by atoms with Crippen LogP contribution in [0.4, 0.5) is 18.9 Å². The van der Waals surface area contributed by atoms with Crippen molar-refractivity contribution in [2.45, 2.75) is 38.4 Å². The van der Waals surface area contributed by atoms with Gasteiger partial charge in [0.25, 0.3) is 5.91 Å². The first-order valence-electron chi connectivity index (χ1n) is 6.58. The van der Waals surface area contributed by atoms with Gasteiger partial charge in [-0.3, -0.25) is 4.79 Å². The molecule has 0 saturated carbocycles. The molecule has 1 fully saturated rings. The van der Waals surface area contributed by atoms with Gasteiger partial charge in [0.2, 0.25) is 0 Å². The maximum Gasteiger partial charge on any atom is 0.418 e. The lowest BCUT2D eigenvalue weighted by molar-refractivity contribution is -0.136. The molecule has 1 aromatic carbocycles. The molecule has 1 heterocycles. The van der Waals surface area contributed by atoms with Crippen LogP contribution in [0.5, 0.6) is 0 Å². The summed E-state index contributed by atoms with van der Waals surface area (Å²) in [4.78, 5) is 14.0. The first-order chi connectivity index (χ1) is 9.30. The van der Waals surface area contributed by atoms with Crippen LogP contribution >= 0.6 is 0 Å². The molecule has 0 spiro atoms. The van der Waals surface area contributed by atoms with Crippen LogP contribution in [0, 0.1) is 0 Å². The molecule has 2 rings (SSSR count). The molecule has 0 aliphatic carbocycles. The zero-order chi connectivity index (χ0) is 14.9. The Morgan fingerprint density at radius 1 is 1.35 bits per heavy atom. The quantitative estimate of drug-likeness (QED) is 0.805. The van der Waals surface area contributed by atoms with Gasteiger partial charge in [0.05, 0.1) is 5.56 Å². The maximum atomic E-state index is 12.8. The van der Waals surface area contributed by atoms with Gasteiger partial charge in [-0.15, -0.1) is 0 Å². The zero-order valence-corrected chi connectivity index (χ0v) is 11.2. The van der Waals surface area contributed by atoms with Gasteiger partial charge in [0, 0.05) is 23.8 Å². The van der Waals surface area contributed by atoms with E-state index in [-0.39, 0.29) is 23.2 Å². The van der Waals surface area contributed by atoms with E-state index in [9.17, 15) is 18.0 Å². The van der Waals surface area contributed by atoms with Crippen LogP contribution < -0.4 is 5.73 Å². The van der Waals surface area contributed by atoms with Gasteiger partial charge >= 0.3 is 6.18 Å². The van der Waals surface area contributed by atoms with Gasteiger partial charge in [-0.25, -0.2) is 0 Å². The minimum Gasteiger partial charge on any atom is -0.398 e. The van der Waals surface area contributed by atoms with Crippen LogP contribution in [-0.4, -0.2) is 23.4 Å². The molecule has 110 valence electrons. The molecule has 3 nitrogen and oxygen atoms in total. The van der Waals surface area contributed by atoms with E-state index in [0.717, 1.165) is 31.4 Å². The Morgan fingerprint density at radius 2 is 2.05 bits per heavy atom. The summed E-state index contributed by atoms with van der Waals surface area (Å²) < 4.78 is 38.4. The summed E-state index contributed by atoms with van der Waals surface area (Å²) in [7, 11) is 0. The summed E-state index contributed by atoms with van der Waals surface area (Å²) in [6.07, 6.45) is -1.74. The number of benzene rings is 1. The van der Waals surface area contributed by atoms with Gasteiger partial charge in [-0.2, -0.15) is 13.2 Å². The van der Waals surface area contributed by atoms with Crippen LogP contribution in [0.15, 0.2) is 18.2 Å². The van der Waals surface area contributed by atoms with Crippen LogP contribution in [-0.2, 0) is 6.18 Å². The second kappa shape index (κ2) is 5.34. The van der Waals surface area contributed by atoms with E-state index in [2.05, 4.69) is 0 Å². The Morgan fingerprint density at radius 3 is 2.65 bits per heavy atom. The number of hydrogen-bond acceptors (Lipinski definition) is 2. The number of anilines is 1. The molecule has 1 unspecified atom stereocenters. The SMILES string of the molecule is CC1CCCCN1C(=O)c1ccc(N)c(C(F)(F)F)c1. The molecule has 20 heavy (non-hydrogen) atoms. The highest BCUT2D eigenvalue weighted by Crippen LogP contribution is 2.34. The predicted octanol–water partition coefficient (Wildman–Crippen LogP) is 3.30. The highest BCUT2D eigenvalue weighted by molar-refractivity contribution is 5.95. The number of piperidine rings is 1. The van der Waals surface area contributed by atoms with Gasteiger partial charge in [-0.1, -0.05) is 0 Å². The second-order valence-electron chi connectivity index (χ2n) is 5.14. The van der Waals surface area contributed by atoms with Crippen LogP contribution in [0.3, 0.4) is 0 Å². The number of nitrogens with zero attached hydrogens (tertiary/aromatic N) is 1. The Hall–Kier alpha value is -1.72. The van der Waals surface area contributed by atoms with E-state index in [4.69, 9.17) is 5.73 Å². The fourth-order valence-electron chi connectivity index (χ4n) is 2.50. The second-order valence-corrected chi connectivity index (χ2v) is 5.14. The van der Waals surface area contributed by atoms with Crippen molar-refractivity contribution < 1.29 is 18.0 Å². The van der Waals surface area contributed by atoms with E-state index < -0.39 is 11.7 Å². The number of rotatable bonds is 1. The van der Waals surface area contributed by atoms with Crippen molar-refractivity contribution in [2.75, 3.05) is 12.3 Å². The number of amides is 1. The topological polar surface area (TPSA) is 46.3 Å². The smallest absolute Gasteiger partial charge is 0.398 e.